The van der Waals surface area contributed by atoms with Gasteiger partial charge in [-0.1, -0.05) is 13.0 Å². The molecule has 0 atom stereocenters. The largest absolute Gasteiger partial charge is 0.478 e. The van der Waals surface area contributed by atoms with E-state index in [1.807, 2.05) is 0 Å². The van der Waals surface area contributed by atoms with Crippen molar-refractivity contribution in [2.24, 2.45) is 5.41 Å². The number of rotatable bonds is 5. The Morgan fingerprint density at radius 2 is 1.81 bits per heavy atom. The summed E-state index contributed by atoms with van der Waals surface area (Å²) in [5, 5.41) is 17.0. The molecule has 21 heavy (non-hydrogen) atoms. The predicted molar refractivity (Wildman–Crippen MR) is 74.3 cm³/mol. The van der Waals surface area contributed by atoms with E-state index in [0.717, 1.165) is 25.9 Å². The van der Waals surface area contributed by atoms with Gasteiger partial charge in [-0.25, -0.2) is 15.1 Å². The van der Waals surface area contributed by atoms with Gasteiger partial charge in [0.25, 0.3) is 0 Å². The minimum atomic E-state index is -1.13. The molecule has 7 heteroatoms. The fourth-order valence-corrected chi connectivity index (χ4v) is 1.57. The van der Waals surface area contributed by atoms with E-state index < -0.39 is 11.9 Å². The van der Waals surface area contributed by atoms with E-state index in [4.69, 9.17) is 19.8 Å². The molecule has 7 nitrogen and oxygen atoms in total. The summed E-state index contributed by atoms with van der Waals surface area (Å²) in [4.78, 5) is 25.8. The predicted octanol–water partition coefficient (Wildman–Crippen LogP) is 1.26. The fourth-order valence-electron chi connectivity index (χ4n) is 1.57. The van der Waals surface area contributed by atoms with Gasteiger partial charge in [0.15, 0.2) is 0 Å². The van der Waals surface area contributed by atoms with Gasteiger partial charge in [-0.15, -0.1) is 0 Å². The first-order valence-corrected chi connectivity index (χ1v) is 6.31. The van der Waals surface area contributed by atoms with Crippen LogP contribution in [-0.2, 0) is 9.57 Å². The third kappa shape index (κ3) is 5.50. The normalized spacial score (nSPS) is 15.3. The van der Waals surface area contributed by atoms with Gasteiger partial charge >= 0.3 is 11.9 Å². The van der Waals surface area contributed by atoms with Crippen molar-refractivity contribution in [1.82, 2.24) is 5.48 Å². The molecule has 1 aliphatic heterocycles. The Labute approximate surface area is 122 Å². The van der Waals surface area contributed by atoms with E-state index in [9.17, 15) is 9.59 Å². The number of hydroxylamine groups is 1. The summed E-state index contributed by atoms with van der Waals surface area (Å²) < 4.78 is 5.03. The number of hydrogen-bond donors (Lipinski definition) is 3. The van der Waals surface area contributed by atoms with E-state index >= 15 is 0 Å². The van der Waals surface area contributed by atoms with Crippen LogP contribution in [0.5, 0.6) is 0 Å². The minimum absolute atomic E-state index is 0.0186. The summed E-state index contributed by atoms with van der Waals surface area (Å²) in [5.74, 6) is -2.25. The van der Waals surface area contributed by atoms with Crippen LogP contribution in [-0.4, -0.2) is 49.0 Å². The molecule has 1 heterocycles. The van der Waals surface area contributed by atoms with E-state index in [1.54, 1.807) is 7.05 Å². The van der Waals surface area contributed by atoms with Crippen molar-refractivity contribution < 1.29 is 29.4 Å². The summed E-state index contributed by atoms with van der Waals surface area (Å²) in [6.07, 6.45) is 0. The Bertz CT molecular complexity index is 469. The molecule has 2 rings (SSSR count). The van der Waals surface area contributed by atoms with Crippen LogP contribution in [0.15, 0.2) is 24.3 Å². The topological polar surface area (TPSA) is 105 Å². The molecule has 0 aromatic heterocycles. The standard InChI is InChI=1S/C8H6O4.C6H13NO2/c9-7(10)5-2-1-3-6(4-5)8(11)12;1-6(3-8-4-6)5-9-7-2/h1-4H,(H,9,10)(H,11,12);7H,3-5H2,1-2H3. The summed E-state index contributed by atoms with van der Waals surface area (Å²) in [7, 11) is 1.77. The van der Waals surface area contributed by atoms with Crippen molar-refractivity contribution in [3.8, 4) is 0 Å². The maximum atomic E-state index is 10.4. The molecule has 116 valence electrons. The minimum Gasteiger partial charge on any atom is -0.478 e. The van der Waals surface area contributed by atoms with E-state index in [-0.39, 0.29) is 16.5 Å². The molecule has 1 aliphatic rings. The van der Waals surface area contributed by atoms with Crippen molar-refractivity contribution in [2.45, 2.75) is 6.92 Å². The highest BCUT2D eigenvalue weighted by molar-refractivity contribution is 5.93. The zero-order valence-corrected chi connectivity index (χ0v) is 12.0. The third-order valence-electron chi connectivity index (χ3n) is 2.82. The molecule has 1 saturated heterocycles. The molecule has 0 radical (unpaired) electrons. The van der Waals surface area contributed by atoms with Gasteiger partial charge in [-0.2, -0.15) is 0 Å². The maximum absolute atomic E-state index is 10.4. The van der Waals surface area contributed by atoms with Crippen LogP contribution in [0.2, 0.25) is 0 Å². The van der Waals surface area contributed by atoms with Gasteiger partial charge in [0.05, 0.1) is 30.9 Å². The number of benzene rings is 1. The van der Waals surface area contributed by atoms with Crippen molar-refractivity contribution in [3.63, 3.8) is 0 Å². The summed E-state index contributed by atoms with van der Waals surface area (Å²) >= 11 is 0. The van der Waals surface area contributed by atoms with Crippen LogP contribution < -0.4 is 5.48 Å². The number of carboxylic acids is 2. The number of carbonyl (C=O) groups is 2. The van der Waals surface area contributed by atoms with Crippen molar-refractivity contribution in [1.29, 1.82) is 0 Å². The summed E-state index contributed by atoms with van der Waals surface area (Å²) in [6, 6.07) is 5.20. The first-order chi connectivity index (χ1) is 9.88. The number of aromatic carboxylic acids is 2. The van der Waals surface area contributed by atoms with Crippen LogP contribution in [0.1, 0.15) is 27.6 Å². The van der Waals surface area contributed by atoms with Crippen LogP contribution in [0.4, 0.5) is 0 Å². The second-order valence-corrected chi connectivity index (χ2v) is 4.99. The van der Waals surface area contributed by atoms with Crippen LogP contribution >= 0.6 is 0 Å². The summed E-state index contributed by atoms with van der Waals surface area (Å²) in [6.45, 7) is 4.54. The molecule has 0 saturated carbocycles. The average molecular weight is 297 g/mol. The highest BCUT2D eigenvalue weighted by Gasteiger charge is 2.33. The van der Waals surface area contributed by atoms with Crippen LogP contribution in [0, 0.1) is 5.41 Å². The highest BCUT2D eigenvalue weighted by atomic mass is 16.6. The van der Waals surface area contributed by atoms with Crippen molar-refractivity contribution in [3.05, 3.63) is 35.4 Å². The monoisotopic (exact) mass is 297 g/mol. The zero-order valence-electron chi connectivity index (χ0n) is 12.0. The maximum Gasteiger partial charge on any atom is 0.335 e. The summed E-state index contributed by atoms with van der Waals surface area (Å²) in [5.41, 5.74) is 2.87. The quantitative estimate of drug-likeness (QED) is 0.702. The van der Waals surface area contributed by atoms with E-state index in [1.165, 1.54) is 18.2 Å². The Balaban J connectivity index is 0.000000219. The molecule has 0 bridgehead atoms. The highest BCUT2D eigenvalue weighted by Crippen LogP contribution is 2.25. The molecule has 0 spiro atoms. The Kier molecular flexibility index (Phi) is 6.29. The molecule has 0 unspecified atom stereocenters. The van der Waals surface area contributed by atoms with Gasteiger partial charge in [-0.05, 0) is 18.2 Å². The number of nitrogens with one attached hydrogen (secondary N) is 1. The van der Waals surface area contributed by atoms with Crippen LogP contribution in [0.25, 0.3) is 0 Å². The number of ether oxygens (including phenoxy) is 1. The molecular weight excluding hydrogens is 278 g/mol. The molecule has 0 aliphatic carbocycles. The molecule has 3 N–H and O–H groups in total. The lowest BCUT2D eigenvalue weighted by Crippen LogP contribution is -2.44. The van der Waals surface area contributed by atoms with Crippen molar-refractivity contribution >= 4 is 11.9 Å². The lowest BCUT2D eigenvalue weighted by atomic mass is 9.90. The van der Waals surface area contributed by atoms with Crippen LogP contribution in [0.3, 0.4) is 0 Å². The number of hydrogen-bond acceptors (Lipinski definition) is 5. The van der Waals surface area contributed by atoms with Gasteiger partial charge in [0, 0.05) is 12.5 Å². The number of carboxylic acid groups (broad SMARTS) is 2. The van der Waals surface area contributed by atoms with Gasteiger partial charge in [-0.3, -0.25) is 0 Å². The third-order valence-corrected chi connectivity index (χ3v) is 2.82. The first-order valence-electron chi connectivity index (χ1n) is 6.31. The Morgan fingerprint density at radius 3 is 2.14 bits per heavy atom. The average Bonchev–Trinajstić information content (AvgIpc) is 2.44. The SMILES string of the molecule is CNOCC1(C)COC1.O=C(O)c1cccc(C(=O)O)c1. The lowest BCUT2D eigenvalue weighted by Gasteiger charge is -2.37. The van der Waals surface area contributed by atoms with E-state index in [0.29, 0.717) is 0 Å². The smallest absolute Gasteiger partial charge is 0.335 e. The van der Waals surface area contributed by atoms with Gasteiger partial charge < -0.3 is 19.8 Å². The second kappa shape index (κ2) is 7.72. The molecular formula is C14H19NO6. The van der Waals surface area contributed by atoms with Gasteiger partial charge in [0.1, 0.15) is 0 Å². The Morgan fingerprint density at radius 1 is 1.29 bits per heavy atom. The molecule has 1 aromatic rings. The van der Waals surface area contributed by atoms with Gasteiger partial charge in [0.2, 0.25) is 0 Å². The first kappa shape index (κ1) is 17.1. The lowest BCUT2D eigenvalue weighted by molar-refractivity contribution is -0.150. The van der Waals surface area contributed by atoms with Crippen molar-refractivity contribution in [2.75, 3.05) is 26.9 Å². The second-order valence-electron chi connectivity index (χ2n) is 4.99. The fraction of sp³-hybridized carbons (Fsp3) is 0.429. The molecule has 1 fully saturated rings. The molecule has 1 aromatic carbocycles. The molecule has 0 amide bonds. The zero-order chi connectivity index (χ0) is 15.9. The Hall–Kier alpha value is -1.96. The van der Waals surface area contributed by atoms with E-state index in [2.05, 4.69) is 12.4 Å².